The van der Waals surface area contributed by atoms with Crippen LogP contribution in [-0.2, 0) is 6.42 Å². The van der Waals surface area contributed by atoms with E-state index in [0.29, 0.717) is 22.7 Å². The fourth-order valence-corrected chi connectivity index (χ4v) is 3.67. The van der Waals surface area contributed by atoms with Gasteiger partial charge in [-0.1, -0.05) is 41.9 Å². The van der Waals surface area contributed by atoms with Gasteiger partial charge < -0.3 is 14.4 Å². The molecule has 0 aliphatic carbocycles. The van der Waals surface area contributed by atoms with E-state index in [2.05, 4.69) is 9.97 Å². The van der Waals surface area contributed by atoms with Crippen molar-refractivity contribution in [2.24, 2.45) is 0 Å². The minimum atomic E-state index is -0.273. The van der Waals surface area contributed by atoms with Crippen molar-refractivity contribution < 1.29 is 14.3 Å². The zero-order valence-electron chi connectivity index (χ0n) is 15.4. The second kappa shape index (κ2) is 7.48. The summed E-state index contributed by atoms with van der Waals surface area (Å²) in [7, 11) is 2.96. The lowest BCUT2D eigenvalue weighted by atomic mass is 9.92. The summed E-state index contributed by atoms with van der Waals surface area (Å²) in [6.07, 6.45) is 0.478. The Kier molecular flexibility index (Phi) is 4.88. The molecule has 1 atom stereocenters. The van der Waals surface area contributed by atoms with E-state index >= 15 is 0 Å². The van der Waals surface area contributed by atoms with Gasteiger partial charge in [-0.05, 0) is 29.8 Å². The third kappa shape index (κ3) is 3.16. The van der Waals surface area contributed by atoms with Gasteiger partial charge in [-0.15, -0.1) is 0 Å². The molecule has 28 heavy (non-hydrogen) atoms. The van der Waals surface area contributed by atoms with Crippen LogP contribution in [0.25, 0.3) is 0 Å². The lowest BCUT2D eigenvalue weighted by Gasteiger charge is -2.36. The summed E-state index contributed by atoms with van der Waals surface area (Å²) in [5.74, 6) is -0.0192. The van der Waals surface area contributed by atoms with Crippen LogP contribution in [0.1, 0.15) is 27.7 Å². The van der Waals surface area contributed by atoms with Gasteiger partial charge in [0.1, 0.15) is 5.56 Å². The number of carbonyl (C=O) groups excluding carboxylic acids is 1. The van der Waals surface area contributed by atoms with Gasteiger partial charge in [-0.25, -0.2) is 0 Å². The first-order valence-corrected chi connectivity index (χ1v) is 9.13. The number of ether oxygens (including phenoxy) is 2. The van der Waals surface area contributed by atoms with Crippen molar-refractivity contribution in [2.45, 2.75) is 12.5 Å². The predicted octanol–water partition coefficient (Wildman–Crippen LogP) is 4.09. The monoisotopic (exact) mass is 395 g/mol. The molecule has 142 valence electrons. The highest BCUT2D eigenvalue weighted by molar-refractivity contribution is 6.30. The highest BCUT2D eigenvalue weighted by Crippen LogP contribution is 2.39. The summed E-state index contributed by atoms with van der Waals surface area (Å²) in [6, 6.07) is 16.9. The zero-order chi connectivity index (χ0) is 19.7. The standard InChI is InChI=1S/C21H18ClN3O3/c1-27-19-18-16(23-21(24-19)28-2)12-17(13-7-6-8-14(22)11-13)25(20(18)26)15-9-4-3-5-10-15/h3-11,17H,12H2,1-2H3. The number of benzene rings is 2. The zero-order valence-corrected chi connectivity index (χ0v) is 16.2. The Morgan fingerprint density at radius 2 is 1.82 bits per heavy atom. The number of fused-ring (bicyclic) bond motifs is 1. The molecule has 0 N–H and O–H groups in total. The molecule has 1 amide bonds. The maximum atomic E-state index is 13.6. The van der Waals surface area contributed by atoms with E-state index in [1.54, 1.807) is 4.90 Å². The van der Waals surface area contributed by atoms with E-state index in [1.165, 1.54) is 14.2 Å². The van der Waals surface area contributed by atoms with E-state index in [1.807, 2.05) is 54.6 Å². The number of halogens is 1. The molecule has 0 spiro atoms. The van der Waals surface area contributed by atoms with Crippen molar-refractivity contribution in [2.75, 3.05) is 19.1 Å². The predicted molar refractivity (Wildman–Crippen MR) is 106 cm³/mol. The van der Waals surface area contributed by atoms with Crippen molar-refractivity contribution in [1.29, 1.82) is 0 Å². The number of amides is 1. The summed E-state index contributed by atoms with van der Waals surface area (Å²) in [5.41, 5.74) is 2.64. The fraction of sp³-hybridized carbons (Fsp3) is 0.190. The van der Waals surface area contributed by atoms with E-state index in [4.69, 9.17) is 21.1 Å². The summed E-state index contributed by atoms with van der Waals surface area (Å²) >= 11 is 6.22. The van der Waals surface area contributed by atoms with E-state index < -0.39 is 0 Å². The molecule has 3 aromatic rings. The summed E-state index contributed by atoms with van der Waals surface area (Å²) in [4.78, 5) is 23.9. The van der Waals surface area contributed by atoms with Crippen molar-refractivity contribution >= 4 is 23.2 Å². The SMILES string of the molecule is COc1nc2c(c(OC)n1)C(=O)N(c1ccccc1)C(c1cccc(Cl)c1)C2. The Labute approximate surface area is 167 Å². The molecule has 4 rings (SSSR count). The number of nitrogens with zero attached hydrogens (tertiary/aromatic N) is 3. The van der Waals surface area contributed by atoms with Gasteiger partial charge in [0, 0.05) is 17.1 Å². The summed E-state index contributed by atoms with van der Waals surface area (Å²) < 4.78 is 10.6. The van der Waals surface area contributed by atoms with Crippen LogP contribution in [0.2, 0.25) is 5.02 Å². The Bertz CT molecular complexity index is 1030. The summed E-state index contributed by atoms with van der Waals surface area (Å²) in [6.45, 7) is 0. The maximum Gasteiger partial charge on any atom is 0.319 e. The lowest BCUT2D eigenvalue weighted by molar-refractivity contribution is 0.0961. The highest BCUT2D eigenvalue weighted by Gasteiger charge is 2.38. The van der Waals surface area contributed by atoms with Crippen molar-refractivity contribution in [3.8, 4) is 11.9 Å². The Morgan fingerprint density at radius 1 is 1.04 bits per heavy atom. The van der Waals surface area contributed by atoms with Gasteiger partial charge >= 0.3 is 6.01 Å². The van der Waals surface area contributed by atoms with Crippen molar-refractivity contribution in [3.05, 3.63) is 76.4 Å². The quantitative estimate of drug-likeness (QED) is 0.665. The number of anilines is 1. The van der Waals surface area contributed by atoms with Crippen LogP contribution in [0.3, 0.4) is 0 Å². The minimum Gasteiger partial charge on any atom is -0.480 e. The lowest BCUT2D eigenvalue weighted by Crippen LogP contribution is -2.41. The molecule has 0 fully saturated rings. The first-order valence-electron chi connectivity index (χ1n) is 8.75. The highest BCUT2D eigenvalue weighted by atomic mass is 35.5. The Hall–Kier alpha value is -3.12. The molecule has 1 aromatic heterocycles. The number of hydrogen-bond acceptors (Lipinski definition) is 5. The third-order valence-corrected chi connectivity index (χ3v) is 4.94. The fourth-order valence-electron chi connectivity index (χ4n) is 3.47. The van der Waals surface area contributed by atoms with Gasteiger partial charge in [0.15, 0.2) is 0 Å². The molecule has 2 heterocycles. The number of para-hydroxylation sites is 1. The van der Waals surface area contributed by atoms with Crippen molar-refractivity contribution in [3.63, 3.8) is 0 Å². The van der Waals surface area contributed by atoms with E-state index in [9.17, 15) is 4.79 Å². The number of rotatable bonds is 4. The molecule has 0 bridgehead atoms. The van der Waals surface area contributed by atoms with Gasteiger partial charge in [0.05, 0.1) is 26.0 Å². The molecule has 7 heteroatoms. The van der Waals surface area contributed by atoms with Crippen LogP contribution in [0.15, 0.2) is 54.6 Å². The molecule has 0 saturated carbocycles. The van der Waals surface area contributed by atoms with Crippen molar-refractivity contribution in [1.82, 2.24) is 9.97 Å². The Balaban J connectivity index is 1.91. The average Bonchev–Trinajstić information content (AvgIpc) is 2.73. The molecular formula is C21H18ClN3O3. The first kappa shape index (κ1) is 18.3. The first-order chi connectivity index (χ1) is 13.6. The smallest absolute Gasteiger partial charge is 0.319 e. The minimum absolute atomic E-state index is 0.168. The third-order valence-electron chi connectivity index (χ3n) is 4.71. The second-order valence-corrected chi connectivity index (χ2v) is 6.76. The molecule has 2 aromatic carbocycles. The molecule has 1 aliphatic rings. The normalized spacial score (nSPS) is 15.9. The molecular weight excluding hydrogens is 378 g/mol. The van der Waals surface area contributed by atoms with Crippen LogP contribution in [-0.4, -0.2) is 30.1 Å². The molecule has 1 aliphatic heterocycles. The summed E-state index contributed by atoms with van der Waals surface area (Å²) in [5, 5.41) is 0.613. The molecule has 0 radical (unpaired) electrons. The van der Waals surface area contributed by atoms with E-state index in [-0.39, 0.29) is 23.8 Å². The van der Waals surface area contributed by atoms with Gasteiger partial charge in [0.2, 0.25) is 5.88 Å². The number of hydrogen-bond donors (Lipinski definition) is 0. The van der Waals surface area contributed by atoms with Crippen LogP contribution in [0.5, 0.6) is 11.9 Å². The van der Waals surface area contributed by atoms with Crippen LogP contribution in [0.4, 0.5) is 5.69 Å². The number of methoxy groups -OCH3 is 2. The average molecular weight is 396 g/mol. The van der Waals surface area contributed by atoms with Crippen LogP contribution >= 0.6 is 11.6 Å². The van der Waals surface area contributed by atoms with Gasteiger partial charge in [-0.2, -0.15) is 9.97 Å². The number of carbonyl (C=O) groups is 1. The maximum absolute atomic E-state index is 13.6. The topological polar surface area (TPSA) is 64.5 Å². The largest absolute Gasteiger partial charge is 0.480 e. The second-order valence-electron chi connectivity index (χ2n) is 6.33. The number of aromatic nitrogens is 2. The molecule has 0 saturated heterocycles. The van der Waals surface area contributed by atoms with Crippen LogP contribution < -0.4 is 14.4 Å². The van der Waals surface area contributed by atoms with Gasteiger partial charge in [-0.3, -0.25) is 4.79 Å². The molecule has 1 unspecified atom stereocenters. The van der Waals surface area contributed by atoms with Crippen LogP contribution in [0, 0.1) is 0 Å². The Morgan fingerprint density at radius 3 is 2.50 bits per heavy atom. The van der Waals surface area contributed by atoms with Gasteiger partial charge in [0.25, 0.3) is 5.91 Å². The van der Waals surface area contributed by atoms with E-state index in [0.717, 1.165) is 11.3 Å². The molecule has 6 nitrogen and oxygen atoms in total.